The molecule has 1 aromatic heterocycles. The number of carbonyl (C=O) groups is 1. The van der Waals surface area contributed by atoms with E-state index in [1.807, 2.05) is 43.4 Å². The molecule has 154 valence electrons. The third-order valence-electron chi connectivity index (χ3n) is 5.46. The van der Waals surface area contributed by atoms with Gasteiger partial charge in [-0.25, -0.2) is 0 Å². The molecule has 1 atom stereocenters. The van der Waals surface area contributed by atoms with Gasteiger partial charge in [-0.15, -0.1) is 24.8 Å². The van der Waals surface area contributed by atoms with Crippen molar-refractivity contribution in [2.24, 2.45) is 5.41 Å². The molecule has 0 saturated carbocycles. The third kappa shape index (κ3) is 4.87. The molecule has 2 fully saturated rings. The van der Waals surface area contributed by atoms with Crippen LogP contribution in [0.15, 0.2) is 40.9 Å². The Kier molecular flexibility index (Phi) is 7.89. The van der Waals surface area contributed by atoms with Crippen LogP contribution in [0.3, 0.4) is 0 Å². The molecule has 1 N–H and O–H groups in total. The van der Waals surface area contributed by atoms with Crippen molar-refractivity contribution in [3.63, 3.8) is 0 Å². The van der Waals surface area contributed by atoms with Crippen molar-refractivity contribution in [3.05, 3.63) is 42.2 Å². The number of nitrogens with zero attached hydrogens (tertiary/aromatic N) is 2. The number of hydrogen-bond donors (Lipinski definition) is 1. The summed E-state index contributed by atoms with van der Waals surface area (Å²) in [4.78, 5) is 14.5. The molecular formula is C20H27Cl2N3O3. The van der Waals surface area contributed by atoms with Crippen molar-refractivity contribution >= 4 is 30.8 Å². The van der Waals surface area contributed by atoms with Crippen molar-refractivity contribution in [1.29, 1.82) is 0 Å². The predicted octanol–water partition coefficient (Wildman–Crippen LogP) is 3.30. The molecule has 0 bridgehead atoms. The minimum absolute atomic E-state index is 0. The number of halogens is 2. The van der Waals surface area contributed by atoms with Gasteiger partial charge in [0.2, 0.25) is 0 Å². The normalized spacial score (nSPS) is 20.5. The summed E-state index contributed by atoms with van der Waals surface area (Å²) in [5.41, 5.74) is 1.63. The quantitative estimate of drug-likeness (QED) is 0.738. The van der Waals surface area contributed by atoms with Crippen LogP contribution in [-0.2, 0) is 16.1 Å². The zero-order valence-electron chi connectivity index (χ0n) is 15.9. The fourth-order valence-corrected chi connectivity index (χ4v) is 4.06. The molecule has 0 radical (unpaired) electrons. The van der Waals surface area contributed by atoms with Crippen LogP contribution in [0.5, 0.6) is 0 Å². The smallest absolute Gasteiger partial charge is 0.312 e. The van der Waals surface area contributed by atoms with E-state index in [4.69, 9.17) is 9.26 Å². The van der Waals surface area contributed by atoms with Crippen LogP contribution in [0.1, 0.15) is 25.0 Å². The number of cyclic esters (lactones) is 1. The molecular weight excluding hydrogens is 401 g/mol. The maximum atomic E-state index is 12.4. The van der Waals surface area contributed by atoms with Crippen LogP contribution in [0.4, 0.5) is 0 Å². The lowest BCUT2D eigenvalue weighted by Crippen LogP contribution is -2.39. The van der Waals surface area contributed by atoms with E-state index in [9.17, 15) is 4.79 Å². The van der Waals surface area contributed by atoms with Gasteiger partial charge in [-0.05, 0) is 33.0 Å². The number of aromatic nitrogens is 1. The minimum Gasteiger partial charge on any atom is -0.461 e. The molecule has 1 aromatic carbocycles. The fourth-order valence-electron chi connectivity index (χ4n) is 4.06. The number of carbonyl (C=O) groups excluding carboxylic acids is 1. The highest BCUT2D eigenvalue weighted by atomic mass is 35.5. The lowest BCUT2D eigenvalue weighted by molar-refractivity contribution is -0.150. The molecule has 2 saturated heterocycles. The fraction of sp³-hybridized carbons (Fsp3) is 0.500. The topological polar surface area (TPSA) is 67.6 Å². The number of rotatable bonds is 5. The Bertz CT molecular complexity index is 763. The molecule has 2 aliphatic heterocycles. The standard InChI is InChI=1S/C20H25N3O3.2ClH/c1-23(13-16-11-18(22-26-16)15-5-3-2-4-6-15)14-17-12-20(19(24)25-17)7-9-21-10-8-20;;/h2-6,11,17,21H,7-10,12-14H2,1H3;2*1H. The first-order valence-corrected chi connectivity index (χ1v) is 9.26. The average Bonchev–Trinajstić information content (AvgIpc) is 3.22. The Morgan fingerprint density at radius 1 is 1.21 bits per heavy atom. The summed E-state index contributed by atoms with van der Waals surface area (Å²) in [5, 5.41) is 7.48. The molecule has 0 aliphatic carbocycles. The van der Waals surface area contributed by atoms with Gasteiger partial charge in [-0.1, -0.05) is 35.5 Å². The maximum Gasteiger partial charge on any atom is 0.312 e. The van der Waals surface area contributed by atoms with Gasteiger partial charge in [-0.2, -0.15) is 0 Å². The molecule has 0 amide bonds. The molecule has 8 heteroatoms. The average molecular weight is 428 g/mol. The van der Waals surface area contributed by atoms with E-state index in [1.165, 1.54) is 0 Å². The Balaban J connectivity index is 0.00000140. The van der Waals surface area contributed by atoms with Gasteiger partial charge in [0.05, 0.1) is 12.0 Å². The highest BCUT2D eigenvalue weighted by Crippen LogP contribution is 2.41. The first-order valence-electron chi connectivity index (χ1n) is 9.26. The number of piperidine rings is 1. The van der Waals surface area contributed by atoms with Gasteiger partial charge in [0.25, 0.3) is 0 Å². The Labute approximate surface area is 177 Å². The molecule has 2 aromatic rings. The van der Waals surface area contributed by atoms with E-state index in [1.54, 1.807) is 0 Å². The molecule has 6 nitrogen and oxygen atoms in total. The molecule has 1 spiro atoms. The van der Waals surface area contributed by atoms with Crippen molar-refractivity contribution in [2.45, 2.75) is 31.9 Å². The number of benzene rings is 1. The lowest BCUT2D eigenvalue weighted by atomic mass is 9.76. The summed E-state index contributed by atoms with van der Waals surface area (Å²) in [6.45, 7) is 3.15. The van der Waals surface area contributed by atoms with Gasteiger partial charge in [-0.3, -0.25) is 9.69 Å². The SMILES string of the molecule is CN(Cc1cc(-c2ccccc2)no1)CC1CC2(CCNCC2)C(=O)O1.Cl.Cl. The molecule has 2 aliphatic rings. The second-order valence-electron chi connectivity index (χ2n) is 7.50. The van der Waals surface area contributed by atoms with Crippen LogP contribution in [0.2, 0.25) is 0 Å². The van der Waals surface area contributed by atoms with Crippen molar-refractivity contribution in [3.8, 4) is 11.3 Å². The Morgan fingerprint density at radius 2 is 1.93 bits per heavy atom. The summed E-state index contributed by atoms with van der Waals surface area (Å²) >= 11 is 0. The summed E-state index contributed by atoms with van der Waals surface area (Å²) in [6, 6.07) is 12.0. The van der Waals surface area contributed by atoms with Gasteiger partial charge in [0.15, 0.2) is 5.76 Å². The first kappa shape index (κ1) is 22.7. The van der Waals surface area contributed by atoms with Crippen LogP contribution in [-0.4, -0.2) is 48.8 Å². The summed E-state index contributed by atoms with van der Waals surface area (Å²) < 4.78 is 11.2. The largest absolute Gasteiger partial charge is 0.461 e. The lowest BCUT2D eigenvalue weighted by Gasteiger charge is -2.29. The number of nitrogens with one attached hydrogen (secondary N) is 1. The minimum atomic E-state index is -0.260. The number of hydrogen-bond acceptors (Lipinski definition) is 6. The van der Waals surface area contributed by atoms with Gasteiger partial charge < -0.3 is 14.6 Å². The van der Waals surface area contributed by atoms with Crippen molar-refractivity contribution < 1.29 is 14.1 Å². The van der Waals surface area contributed by atoms with Gasteiger partial charge in [0.1, 0.15) is 11.8 Å². The Hall–Kier alpha value is -1.60. The van der Waals surface area contributed by atoms with Gasteiger partial charge in [0, 0.05) is 24.6 Å². The zero-order valence-corrected chi connectivity index (χ0v) is 17.6. The second kappa shape index (κ2) is 9.74. The Morgan fingerprint density at radius 3 is 2.64 bits per heavy atom. The predicted molar refractivity (Wildman–Crippen MR) is 112 cm³/mol. The number of likely N-dealkylation sites (N-methyl/N-ethyl adjacent to an activating group) is 1. The van der Waals surface area contributed by atoms with Crippen LogP contribution >= 0.6 is 24.8 Å². The second-order valence-corrected chi connectivity index (χ2v) is 7.50. The van der Waals surface area contributed by atoms with E-state index in [0.29, 0.717) is 13.1 Å². The summed E-state index contributed by atoms with van der Waals surface area (Å²) in [7, 11) is 2.02. The highest BCUT2D eigenvalue weighted by molar-refractivity contribution is 5.85. The number of ether oxygens (including phenoxy) is 1. The van der Waals surface area contributed by atoms with Crippen LogP contribution in [0.25, 0.3) is 11.3 Å². The van der Waals surface area contributed by atoms with E-state index in [0.717, 1.165) is 49.4 Å². The highest BCUT2D eigenvalue weighted by Gasteiger charge is 2.49. The summed E-state index contributed by atoms with van der Waals surface area (Å²) in [5.74, 6) is 0.802. The van der Waals surface area contributed by atoms with Crippen LogP contribution < -0.4 is 5.32 Å². The molecule has 1 unspecified atom stereocenters. The zero-order chi connectivity index (χ0) is 18.0. The van der Waals surface area contributed by atoms with Crippen molar-refractivity contribution in [2.75, 3.05) is 26.7 Å². The van der Waals surface area contributed by atoms with E-state index in [-0.39, 0.29) is 42.3 Å². The van der Waals surface area contributed by atoms with Crippen molar-refractivity contribution in [1.82, 2.24) is 15.4 Å². The molecule has 4 rings (SSSR count). The molecule has 3 heterocycles. The monoisotopic (exact) mass is 427 g/mol. The van der Waals surface area contributed by atoms with E-state index >= 15 is 0 Å². The van der Waals surface area contributed by atoms with E-state index in [2.05, 4.69) is 15.4 Å². The van der Waals surface area contributed by atoms with E-state index < -0.39 is 0 Å². The van der Waals surface area contributed by atoms with Crippen LogP contribution in [0, 0.1) is 5.41 Å². The number of esters is 1. The summed E-state index contributed by atoms with van der Waals surface area (Å²) in [6.07, 6.45) is 2.55. The maximum absolute atomic E-state index is 12.4. The molecule has 28 heavy (non-hydrogen) atoms. The van der Waals surface area contributed by atoms with Gasteiger partial charge >= 0.3 is 5.97 Å². The third-order valence-corrected chi connectivity index (χ3v) is 5.46. The first-order chi connectivity index (χ1) is 12.6.